The van der Waals surface area contributed by atoms with E-state index in [-0.39, 0.29) is 10.1 Å². The molecule has 0 heterocycles. The second kappa shape index (κ2) is 3.46. The molecule has 0 aromatic heterocycles. The number of nitrogens with zero attached hydrogens (tertiary/aromatic N) is 1. The average Bonchev–Trinajstić information content (AvgIpc) is 2.08. The lowest BCUT2D eigenvalue weighted by Gasteiger charge is -2.23. The monoisotopic (exact) mass is 243 g/mol. The quantitative estimate of drug-likeness (QED) is 0.331. The molecule has 13 heavy (non-hydrogen) atoms. The molecule has 1 rings (SSSR count). The number of halogens is 3. The van der Waals surface area contributed by atoms with Crippen molar-refractivity contribution in [3.8, 4) is 0 Å². The van der Waals surface area contributed by atoms with Crippen molar-refractivity contribution in [1.82, 2.24) is 0 Å². The minimum Gasteiger partial charge on any atom is -0.379 e. The van der Waals surface area contributed by atoms with Crippen LogP contribution in [-0.4, -0.2) is 21.1 Å². The first-order valence-electron chi connectivity index (χ1n) is 3.15. The van der Waals surface area contributed by atoms with Crippen molar-refractivity contribution < 1.29 is 10.0 Å². The number of rotatable bonds is 1. The van der Waals surface area contributed by atoms with Crippen LogP contribution in [0.5, 0.6) is 0 Å². The largest absolute Gasteiger partial charge is 0.379 e. The van der Waals surface area contributed by atoms with Gasteiger partial charge < -0.3 is 5.11 Å². The molecule has 1 N–H and O–H groups in total. The summed E-state index contributed by atoms with van der Waals surface area (Å²) in [5.74, 6) is 0. The van der Waals surface area contributed by atoms with Gasteiger partial charge in [0, 0.05) is 6.08 Å². The summed E-state index contributed by atoms with van der Waals surface area (Å²) in [4.78, 5) is 7.53. The summed E-state index contributed by atoms with van der Waals surface area (Å²) in [6, 6.07) is 0. The average molecular weight is 244 g/mol. The highest BCUT2D eigenvalue weighted by molar-refractivity contribution is 6.41. The normalized spacial score (nSPS) is 33.7. The first-order valence-corrected chi connectivity index (χ1v) is 4.29. The van der Waals surface area contributed by atoms with Crippen molar-refractivity contribution in [3.63, 3.8) is 0 Å². The van der Waals surface area contributed by atoms with E-state index in [0.717, 1.165) is 6.08 Å². The maximum absolute atomic E-state index is 10.5. The molecule has 0 saturated carbocycles. The topological polar surface area (TPSA) is 63.4 Å². The molecule has 0 fully saturated rings. The number of alkyl halides is 1. The van der Waals surface area contributed by atoms with Gasteiger partial charge in [-0.05, 0) is 17.7 Å². The van der Waals surface area contributed by atoms with Gasteiger partial charge in [0.25, 0.3) is 0 Å². The van der Waals surface area contributed by atoms with Gasteiger partial charge in [-0.15, -0.1) is 0 Å². The van der Waals surface area contributed by atoms with Gasteiger partial charge in [0.2, 0.25) is 0 Å². The second-order valence-corrected chi connectivity index (χ2v) is 3.84. The Morgan fingerprint density at radius 2 is 2.15 bits per heavy atom. The van der Waals surface area contributed by atoms with Gasteiger partial charge in [-0.3, -0.25) is 10.1 Å². The van der Waals surface area contributed by atoms with Crippen LogP contribution in [0.15, 0.2) is 22.2 Å². The lowest BCUT2D eigenvalue weighted by atomic mass is 10.1. The lowest BCUT2D eigenvalue weighted by Crippen LogP contribution is -2.44. The molecule has 1 aliphatic rings. The minimum absolute atomic E-state index is 0.0484. The lowest BCUT2D eigenvalue weighted by molar-refractivity contribution is -0.537. The first-order chi connectivity index (χ1) is 5.89. The van der Waals surface area contributed by atoms with E-state index < -0.39 is 16.0 Å². The minimum atomic E-state index is -2.12. The Kier molecular flexibility index (Phi) is 2.87. The van der Waals surface area contributed by atoms with E-state index in [2.05, 4.69) is 0 Å². The fourth-order valence-electron chi connectivity index (χ4n) is 0.830. The highest BCUT2D eigenvalue weighted by Crippen LogP contribution is 2.36. The van der Waals surface area contributed by atoms with Crippen LogP contribution in [0.3, 0.4) is 0 Å². The third-order valence-corrected chi connectivity index (χ3v) is 2.90. The van der Waals surface area contributed by atoms with Crippen LogP contribution >= 0.6 is 34.8 Å². The molecule has 1 aliphatic carbocycles. The van der Waals surface area contributed by atoms with Gasteiger partial charge in [0.05, 0.1) is 15.0 Å². The predicted molar refractivity (Wildman–Crippen MR) is 49.5 cm³/mol. The van der Waals surface area contributed by atoms with E-state index in [1.54, 1.807) is 0 Å². The van der Waals surface area contributed by atoms with Crippen LogP contribution in [0.2, 0.25) is 0 Å². The highest BCUT2D eigenvalue weighted by Gasteiger charge is 2.50. The summed E-state index contributed by atoms with van der Waals surface area (Å²) in [6.45, 7) is 0. The fraction of sp³-hybridized carbons (Fsp3) is 0.333. The van der Waals surface area contributed by atoms with E-state index in [0.29, 0.717) is 0 Å². The molecule has 2 atom stereocenters. The third kappa shape index (κ3) is 1.67. The van der Waals surface area contributed by atoms with Gasteiger partial charge in [0.1, 0.15) is 0 Å². The van der Waals surface area contributed by atoms with Gasteiger partial charge in [0.15, 0.2) is 6.10 Å². The van der Waals surface area contributed by atoms with Crippen LogP contribution in [-0.2, 0) is 0 Å². The number of nitro groups is 1. The van der Waals surface area contributed by atoms with Crippen LogP contribution in [0.25, 0.3) is 0 Å². The SMILES string of the molecule is O=[N+]([O-])C1(Cl)C=CC(Cl)=C(Cl)C1O. The van der Waals surface area contributed by atoms with Gasteiger partial charge in [-0.25, -0.2) is 0 Å². The molecule has 0 spiro atoms. The van der Waals surface area contributed by atoms with Crippen LogP contribution in [0, 0.1) is 10.1 Å². The molecule has 72 valence electrons. The molecule has 0 saturated heterocycles. The maximum atomic E-state index is 10.5. The maximum Gasteiger partial charge on any atom is 0.344 e. The summed E-state index contributed by atoms with van der Waals surface area (Å²) in [5.41, 5.74) is 0. The Morgan fingerprint density at radius 3 is 2.62 bits per heavy atom. The van der Waals surface area contributed by atoms with E-state index in [9.17, 15) is 15.2 Å². The fourth-order valence-corrected chi connectivity index (χ4v) is 1.45. The number of hydrogen-bond donors (Lipinski definition) is 1. The molecule has 0 aromatic carbocycles. The summed E-state index contributed by atoms with van der Waals surface area (Å²) in [7, 11) is 0. The van der Waals surface area contributed by atoms with Crippen molar-refractivity contribution in [2.24, 2.45) is 0 Å². The summed E-state index contributed by atoms with van der Waals surface area (Å²) in [6.07, 6.45) is 0.558. The van der Waals surface area contributed by atoms with E-state index in [1.165, 1.54) is 6.08 Å². The zero-order valence-electron chi connectivity index (χ0n) is 6.08. The van der Waals surface area contributed by atoms with Gasteiger partial charge >= 0.3 is 5.00 Å². The van der Waals surface area contributed by atoms with Crippen LogP contribution in [0.4, 0.5) is 0 Å². The van der Waals surface area contributed by atoms with Crippen molar-refractivity contribution in [1.29, 1.82) is 0 Å². The molecule has 4 nitrogen and oxygen atoms in total. The molecule has 0 amide bonds. The summed E-state index contributed by atoms with van der Waals surface area (Å²) >= 11 is 16.5. The van der Waals surface area contributed by atoms with E-state index >= 15 is 0 Å². The third-order valence-electron chi connectivity index (χ3n) is 1.59. The number of hydrogen-bond acceptors (Lipinski definition) is 3. The Balaban J connectivity index is 3.12. The molecule has 0 aliphatic heterocycles. The van der Waals surface area contributed by atoms with Gasteiger partial charge in [-0.2, -0.15) is 0 Å². The summed E-state index contributed by atoms with van der Waals surface area (Å²) < 4.78 is 0. The zero-order chi connectivity index (χ0) is 10.2. The van der Waals surface area contributed by atoms with Crippen LogP contribution < -0.4 is 0 Å². The van der Waals surface area contributed by atoms with Crippen molar-refractivity contribution in [2.75, 3.05) is 0 Å². The molecule has 0 aromatic rings. The molecule has 0 bridgehead atoms. The highest BCUT2D eigenvalue weighted by atomic mass is 35.5. The van der Waals surface area contributed by atoms with Crippen molar-refractivity contribution in [3.05, 3.63) is 32.3 Å². The molecule has 0 radical (unpaired) electrons. The molecule has 2 unspecified atom stereocenters. The number of aliphatic hydroxyl groups excluding tert-OH is 1. The van der Waals surface area contributed by atoms with E-state index in [1.807, 2.05) is 0 Å². The Hall–Kier alpha value is -0.290. The Bertz CT molecular complexity index is 314. The van der Waals surface area contributed by atoms with E-state index in [4.69, 9.17) is 34.8 Å². The summed E-state index contributed by atoms with van der Waals surface area (Å²) in [5, 5.41) is 19.6. The molecular formula is C6H4Cl3NO3. The Morgan fingerprint density at radius 1 is 1.62 bits per heavy atom. The van der Waals surface area contributed by atoms with Crippen molar-refractivity contribution in [2.45, 2.75) is 11.1 Å². The molecular weight excluding hydrogens is 240 g/mol. The van der Waals surface area contributed by atoms with Crippen LogP contribution in [0.1, 0.15) is 0 Å². The number of aliphatic hydroxyl groups is 1. The smallest absolute Gasteiger partial charge is 0.344 e. The molecule has 7 heteroatoms. The first kappa shape index (κ1) is 10.8. The van der Waals surface area contributed by atoms with Crippen molar-refractivity contribution >= 4 is 34.8 Å². The Labute approximate surface area is 88.5 Å². The number of allylic oxidation sites excluding steroid dienone is 2. The zero-order valence-corrected chi connectivity index (χ0v) is 8.34. The standard InChI is InChI=1S/C6H4Cl3NO3/c7-3-1-2-6(9,10(12)13)5(11)4(3)8/h1-2,5,11H. The predicted octanol–water partition coefficient (Wildman–Crippen LogP) is 1.82. The second-order valence-electron chi connectivity index (χ2n) is 2.42. The van der Waals surface area contributed by atoms with Gasteiger partial charge in [-0.1, -0.05) is 23.2 Å².